The first-order chi connectivity index (χ1) is 11.2. The van der Waals surface area contributed by atoms with Crippen molar-refractivity contribution in [2.75, 3.05) is 0 Å². The second-order valence-electron chi connectivity index (χ2n) is 6.80. The smallest absolute Gasteiger partial charge is 0.408 e. The first-order valence-corrected chi connectivity index (χ1v) is 7.88. The minimum absolute atomic E-state index is 0.224. The van der Waals surface area contributed by atoms with Crippen molar-refractivity contribution in [3.63, 3.8) is 0 Å². The average molecular weight is 330 g/mol. The van der Waals surface area contributed by atoms with Gasteiger partial charge in [-0.05, 0) is 63.9 Å². The summed E-state index contributed by atoms with van der Waals surface area (Å²) in [5.41, 5.74) is 2.58. The van der Waals surface area contributed by atoms with Gasteiger partial charge in [0.2, 0.25) is 0 Å². The summed E-state index contributed by atoms with van der Waals surface area (Å²) in [6.45, 7) is 9.01. The lowest BCUT2D eigenvalue weighted by atomic mass is 10.0. The number of alkyl carbamates (subject to hydrolysis) is 1. The van der Waals surface area contributed by atoms with Crippen LogP contribution in [-0.4, -0.2) is 16.7 Å². The third kappa shape index (κ3) is 4.78. The molecule has 128 valence electrons. The maximum atomic E-state index is 13.4. The number of hydrogen-bond donors (Lipinski definition) is 1. The molecule has 0 bridgehead atoms. The summed E-state index contributed by atoms with van der Waals surface area (Å²) < 4.78 is 18.6. The molecule has 0 saturated carbocycles. The molecular weight excluding hydrogens is 307 g/mol. The zero-order valence-electron chi connectivity index (χ0n) is 14.7. The molecule has 0 saturated heterocycles. The van der Waals surface area contributed by atoms with Gasteiger partial charge in [-0.25, -0.2) is 9.18 Å². The predicted molar refractivity (Wildman–Crippen MR) is 92.2 cm³/mol. The molecule has 1 heterocycles. The van der Waals surface area contributed by atoms with Gasteiger partial charge < -0.3 is 10.1 Å². The Kier molecular flexibility index (Phi) is 5.22. The van der Waals surface area contributed by atoms with Crippen LogP contribution in [0.4, 0.5) is 9.18 Å². The molecule has 0 aliphatic heterocycles. The van der Waals surface area contributed by atoms with E-state index in [9.17, 15) is 9.18 Å². The second-order valence-corrected chi connectivity index (χ2v) is 6.80. The van der Waals surface area contributed by atoms with Gasteiger partial charge in [-0.3, -0.25) is 4.98 Å². The summed E-state index contributed by atoms with van der Waals surface area (Å²) in [6.07, 6.45) is 1.24. The van der Waals surface area contributed by atoms with E-state index < -0.39 is 11.7 Å². The van der Waals surface area contributed by atoms with E-state index in [0.29, 0.717) is 5.56 Å². The zero-order valence-corrected chi connectivity index (χ0v) is 14.7. The number of ether oxygens (including phenoxy) is 1. The van der Waals surface area contributed by atoms with E-state index >= 15 is 0 Å². The summed E-state index contributed by atoms with van der Waals surface area (Å²) in [6, 6.07) is 8.43. The van der Waals surface area contributed by atoms with Gasteiger partial charge >= 0.3 is 6.09 Å². The number of aromatic nitrogens is 1. The van der Waals surface area contributed by atoms with Crippen molar-refractivity contribution in [1.82, 2.24) is 10.3 Å². The number of amides is 1. The molecule has 0 unspecified atom stereocenters. The third-order valence-corrected chi connectivity index (χ3v) is 3.45. The molecular formula is C19H23FN2O2. The van der Waals surface area contributed by atoms with Gasteiger partial charge in [0.15, 0.2) is 0 Å². The number of aryl methyl sites for hydroxylation is 1. The van der Waals surface area contributed by atoms with Gasteiger partial charge in [-0.15, -0.1) is 0 Å². The fourth-order valence-electron chi connectivity index (χ4n) is 2.21. The highest BCUT2D eigenvalue weighted by Crippen LogP contribution is 2.22. The lowest BCUT2D eigenvalue weighted by Gasteiger charge is -2.21. The molecule has 1 aromatic heterocycles. The van der Waals surface area contributed by atoms with Gasteiger partial charge in [0, 0.05) is 11.8 Å². The van der Waals surface area contributed by atoms with E-state index in [1.807, 2.05) is 39.8 Å². The van der Waals surface area contributed by atoms with Crippen LogP contribution >= 0.6 is 0 Å². The number of benzene rings is 1. The zero-order chi connectivity index (χ0) is 17.9. The Labute approximate surface area is 142 Å². The first kappa shape index (κ1) is 17.9. The normalized spacial score (nSPS) is 12.6. The second kappa shape index (κ2) is 6.99. The minimum atomic E-state index is -0.540. The maximum absolute atomic E-state index is 13.4. The van der Waals surface area contributed by atoms with Crippen molar-refractivity contribution < 1.29 is 13.9 Å². The summed E-state index contributed by atoms with van der Waals surface area (Å²) in [5, 5.41) is 2.76. The van der Waals surface area contributed by atoms with Crippen LogP contribution < -0.4 is 5.32 Å². The molecule has 0 aliphatic carbocycles. The Balaban J connectivity index is 2.08. The number of nitrogens with one attached hydrogen (secondary N) is 1. The van der Waals surface area contributed by atoms with Crippen LogP contribution in [0, 0.1) is 12.7 Å². The Morgan fingerprint density at radius 2 is 1.88 bits per heavy atom. The van der Waals surface area contributed by atoms with Crippen molar-refractivity contribution in [2.24, 2.45) is 0 Å². The van der Waals surface area contributed by atoms with Crippen LogP contribution in [0.3, 0.4) is 0 Å². The van der Waals surface area contributed by atoms with E-state index in [2.05, 4.69) is 10.3 Å². The van der Waals surface area contributed by atoms with Gasteiger partial charge in [0.1, 0.15) is 11.4 Å². The van der Waals surface area contributed by atoms with Crippen molar-refractivity contribution in [3.8, 4) is 11.1 Å². The summed E-state index contributed by atoms with van der Waals surface area (Å²) in [7, 11) is 0. The lowest BCUT2D eigenvalue weighted by Crippen LogP contribution is -2.34. The standard InChI is InChI=1S/C19H23FN2O2/c1-12-10-14(6-8-16(12)20)15-7-9-17(21-11-15)13(2)22-18(23)24-19(3,4)5/h6-11,13H,1-5H3,(H,22,23)/t13-/m0/s1. The molecule has 0 aliphatic rings. The van der Waals surface area contributed by atoms with Gasteiger partial charge in [0.25, 0.3) is 0 Å². The fourth-order valence-corrected chi connectivity index (χ4v) is 2.21. The third-order valence-electron chi connectivity index (χ3n) is 3.45. The van der Waals surface area contributed by atoms with Crippen LogP contribution in [0.5, 0.6) is 0 Å². The number of carbonyl (C=O) groups is 1. The number of nitrogens with zero attached hydrogens (tertiary/aromatic N) is 1. The van der Waals surface area contributed by atoms with Crippen LogP contribution in [-0.2, 0) is 4.74 Å². The van der Waals surface area contributed by atoms with Gasteiger partial charge in [-0.1, -0.05) is 12.1 Å². The molecule has 5 heteroatoms. The van der Waals surface area contributed by atoms with Crippen molar-refractivity contribution in [2.45, 2.75) is 46.3 Å². The fraction of sp³-hybridized carbons (Fsp3) is 0.368. The first-order valence-electron chi connectivity index (χ1n) is 7.88. The molecule has 0 radical (unpaired) electrons. The SMILES string of the molecule is Cc1cc(-c2ccc([C@H](C)NC(=O)OC(C)(C)C)nc2)ccc1F. The van der Waals surface area contributed by atoms with E-state index in [0.717, 1.165) is 16.8 Å². The molecule has 1 aromatic carbocycles. The van der Waals surface area contributed by atoms with Gasteiger partial charge in [-0.2, -0.15) is 0 Å². The Morgan fingerprint density at radius 1 is 1.21 bits per heavy atom. The van der Waals surface area contributed by atoms with Gasteiger partial charge in [0.05, 0.1) is 11.7 Å². The topological polar surface area (TPSA) is 51.2 Å². The van der Waals surface area contributed by atoms with E-state index in [1.165, 1.54) is 6.07 Å². The molecule has 2 aromatic rings. The largest absolute Gasteiger partial charge is 0.444 e. The lowest BCUT2D eigenvalue weighted by molar-refractivity contribution is 0.0507. The quantitative estimate of drug-likeness (QED) is 0.881. The van der Waals surface area contributed by atoms with Crippen LogP contribution in [0.2, 0.25) is 0 Å². The number of carbonyl (C=O) groups excluding carboxylic acids is 1. The van der Waals surface area contributed by atoms with Crippen LogP contribution in [0.1, 0.15) is 45.0 Å². The highest BCUT2D eigenvalue weighted by molar-refractivity contribution is 5.68. The molecule has 24 heavy (non-hydrogen) atoms. The summed E-state index contributed by atoms with van der Waals surface area (Å²) >= 11 is 0. The number of hydrogen-bond acceptors (Lipinski definition) is 3. The summed E-state index contributed by atoms with van der Waals surface area (Å²) in [5.74, 6) is -0.224. The van der Waals surface area contributed by atoms with E-state index in [4.69, 9.17) is 4.74 Å². The minimum Gasteiger partial charge on any atom is -0.444 e. The highest BCUT2D eigenvalue weighted by Gasteiger charge is 2.18. The van der Waals surface area contributed by atoms with E-state index in [-0.39, 0.29) is 11.9 Å². The monoisotopic (exact) mass is 330 g/mol. The Morgan fingerprint density at radius 3 is 2.42 bits per heavy atom. The molecule has 1 amide bonds. The van der Waals surface area contributed by atoms with Crippen LogP contribution in [0.25, 0.3) is 11.1 Å². The number of rotatable bonds is 3. The predicted octanol–water partition coefficient (Wildman–Crippen LogP) is 4.78. The average Bonchev–Trinajstić information content (AvgIpc) is 2.48. The molecule has 0 spiro atoms. The Hall–Kier alpha value is -2.43. The molecule has 4 nitrogen and oxygen atoms in total. The molecule has 2 rings (SSSR count). The van der Waals surface area contributed by atoms with Crippen molar-refractivity contribution >= 4 is 6.09 Å². The number of pyridine rings is 1. The van der Waals surface area contributed by atoms with E-state index in [1.54, 1.807) is 25.3 Å². The Bertz CT molecular complexity index is 721. The molecule has 1 atom stereocenters. The summed E-state index contributed by atoms with van der Waals surface area (Å²) in [4.78, 5) is 16.2. The maximum Gasteiger partial charge on any atom is 0.408 e. The van der Waals surface area contributed by atoms with Crippen LogP contribution in [0.15, 0.2) is 36.5 Å². The molecule has 0 fully saturated rings. The van der Waals surface area contributed by atoms with Crippen molar-refractivity contribution in [3.05, 3.63) is 53.6 Å². The highest BCUT2D eigenvalue weighted by atomic mass is 19.1. The molecule has 1 N–H and O–H groups in total. The van der Waals surface area contributed by atoms with Crippen molar-refractivity contribution in [1.29, 1.82) is 0 Å². The number of halogens is 1.